The van der Waals surface area contributed by atoms with Gasteiger partial charge >= 0.3 is 0 Å². The third kappa shape index (κ3) is 2.15. The molecule has 0 radical (unpaired) electrons. The molecule has 0 aliphatic heterocycles. The van der Waals surface area contributed by atoms with Crippen molar-refractivity contribution in [2.24, 2.45) is 5.92 Å². The van der Waals surface area contributed by atoms with Crippen molar-refractivity contribution in [3.63, 3.8) is 0 Å². The maximum Gasteiger partial charge on any atom is 0.169 e. The summed E-state index contributed by atoms with van der Waals surface area (Å²) < 4.78 is 5.92. The van der Waals surface area contributed by atoms with Crippen LogP contribution in [-0.2, 0) is 6.42 Å². The van der Waals surface area contributed by atoms with E-state index in [-0.39, 0.29) is 6.10 Å². The highest BCUT2D eigenvalue weighted by Crippen LogP contribution is 2.29. The molecule has 1 aliphatic carbocycles. The van der Waals surface area contributed by atoms with E-state index in [1.165, 1.54) is 5.56 Å². The molecule has 2 atom stereocenters. The average Bonchev–Trinajstić information content (AvgIpc) is 2.64. The summed E-state index contributed by atoms with van der Waals surface area (Å²) in [6.07, 6.45) is 5.86. The van der Waals surface area contributed by atoms with Crippen LogP contribution < -0.4 is 0 Å². The van der Waals surface area contributed by atoms with Crippen molar-refractivity contribution in [3.8, 4) is 0 Å². The molecule has 2 unspecified atom stereocenters. The minimum absolute atomic E-state index is 0.103. The fraction of sp³-hybridized carbons (Fsp3) is 0.600. The second-order valence-corrected chi connectivity index (χ2v) is 4.50. The maximum atomic E-state index is 9.61. The fourth-order valence-electron chi connectivity index (χ4n) is 2.01. The number of hydrogen-bond acceptors (Lipinski definition) is 2. The van der Waals surface area contributed by atoms with Crippen LogP contribution in [-0.4, -0.2) is 11.2 Å². The molecule has 0 aromatic carbocycles. The van der Waals surface area contributed by atoms with Crippen LogP contribution in [0.3, 0.4) is 0 Å². The standard InChI is InChI=1S/C10H13BrO2/c11-10-5-7(6-13-10)4-8-2-1-3-9(8)12/h5-6,8-9,12H,1-4H2. The molecule has 2 nitrogen and oxygen atoms in total. The van der Waals surface area contributed by atoms with E-state index in [4.69, 9.17) is 4.42 Å². The van der Waals surface area contributed by atoms with Crippen molar-refractivity contribution in [2.45, 2.75) is 31.8 Å². The van der Waals surface area contributed by atoms with Gasteiger partial charge in [0.1, 0.15) is 0 Å². The van der Waals surface area contributed by atoms with Gasteiger partial charge in [0.2, 0.25) is 0 Å². The van der Waals surface area contributed by atoms with Gasteiger partial charge in [0.25, 0.3) is 0 Å². The monoisotopic (exact) mass is 244 g/mol. The summed E-state index contributed by atoms with van der Waals surface area (Å²) in [7, 11) is 0. The Morgan fingerprint density at radius 3 is 2.92 bits per heavy atom. The van der Waals surface area contributed by atoms with Crippen molar-refractivity contribution in [2.75, 3.05) is 0 Å². The summed E-state index contributed by atoms with van der Waals surface area (Å²) >= 11 is 3.27. The Hall–Kier alpha value is -0.280. The van der Waals surface area contributed by atoms with Gasteiger partial charge in [-0.2, -0.15) is 0 Å². The molecule has 0 spiro atoms. The van der Waals surface area contributed by atoms with E-state index in [1.807, 2.05) is 6.07 Å². The number of furan rings is 1. The van der Waals surface area contributed by atoms with E-state index in [2.05, 4.69) is 15.9 Å². The van der Waals surface area contributed by atoms with Gasteiger partial charge < -0.3 is 9.52 Å². The van der Waals surface area contributed by atoms with Gasteiger partial charge in [-0.15, -0.1) is 0 Å². The van der Waals surface area contributed by atoms with Crippen molar-refractivity contribution in [1.82, 2.24) is 0 Å². The Labute approximate surface area is 86.1 Å². The molecule has 1 aliphatic rings. The van der Waals surface area contributed by atoms with E-state index in [1.54, 1.807) is 6.26 Å². The Morgan fingerprint density at radius 2 is 2.38 bits per heavy atom. The summed E-state index contributed by atoms with van der Waals surface area (Å²) in [5.41, 5.74) is 1.18. The van der Waals surface area contributed by atoms with Crippen LogP contribution in [0.2, 0.25) is 0 Å². The second-order valence-electron chi connectivity index (χ2n) is 3.72. The number of aliphatic hydroxyl groups excluding tert-OH is 1. The molecule has 1 heterocycles. The van der Waals surface area contributed by atoms with Gasteiger partial charge in [0.15, 0.2) is 4.67 Å². The van der Waals surface area contributed by atoms with Gasteiger partial charge in [-0.3, -0.25) is 0 Å². The van der Waals surface area contributed by atoms with E-state index in [0.717, 1.165) is 30.4 Å². The molecule has 0 bridgehead atoms. The molecular formula is C10H13BrO2. The van der Waals surface area contributed by atoms with Crippen LogP contribution in [0.5, 0.6) is 0 Å². The van der Waals surface area contributed by atoms with E-state index in [0.29, 0.717) is 5.92 Å². The van der Waals surface area contributed by atoms with Crippen molar-refractivity contribution in [3.05, 3.63) is 22.6 Å². The Morgan fingerprint density at radius 1 is 1.54 bits per heavy atom. The van der Waals surface area contributed by atoms with Crippen molar-refractivity contribution < 1.29 is 9.52 Å². The molecular weight excluding hydrogens is 232 g/mol. The molecule has 1 aromatic heterocycles. The van der Waals surface area contributed by atoms with E-state index >= 15 is 0 Å². The lowest BCUT2D eigenvalue weighted by Gasteiger charge is -2.12. The van der Waals surface area contributed by atoms with Crippen molar-refractivity contribution in [1.29, 1.82) is 0 Å². The zero-order valence-electron chi connectivity index (χ0n) is 7.37. The summed E-state index contributed by atoms with van der Waals surface area (Å²) in [6, 6.07) is 1.98. The first-order chi connectivity index (χ1) is 6.25. The summed E-state index contributed by atoms with van der Waals surface area (Å²) in [4.78, 5) is 0. The first-order valence-electron chi connectivity index (χ1n) is 4.66. The number of halogens is 1. The minimum atomic E-state index is -0.103. The molecule has 1 saturated carbocycles. The van der Waals surface area contributed by atoms with Crippen molar-refractivity contribution >= 4 is 15.9 Å². The highest BCUT2D eigenvalue weighted by atomic mass is 79.9. The summed E-state index contributed by atoms with van der Waals surface area (Å²) in [5.74, 6) is 0.435. The van der Waals surface area contributed by atoms with Crippen LogP contribution in [0.4, 0.5) is 0 Å². The molecule has 3 heteroatoms. The quantitative estimate of drug-likeness (QED) is 0.869. The Balaban J connectivity index is 1.97. The fourth-order valence-corrected chi connectivity index (χ4v) is 2.40. The zero-order chi connectivity index (χ0) is 9.26. The molecule has 1 aromatic rings. The van der Waals surface area contributed by atoms with Crippen LogP contribution in [0.1, 0.15) is 24.8 Å². The average molecular weight is 245 g/mol. The molecule has 1 N–H and O–H groups in total. The topological polar surface area (TPSA) is 33.4 Å². The molecule has 1 fully saturated rings. The van der Waals surface area contributed by atoms with Crippen LogP contribution in [0.15, 0.2) is 21.4 Å². The second kappa shape index (κ2) is 3.84. The predicted octanol–water partition coefficient (Wildman–Crippen LogP) is 2.75. The Kier molecular flexibility index (Phi) is 2.74. The lowest BCUT2D eigenvalue weighted by Crippen LogP contribution is -2.14. The normalized spacial score (nSPS) is 28.2. The minimum Gasteiger partial charge on any atom is -0.457 e. The van der Waals surface area contributed by atoms with E-state index < -0.39 is 0 Å². The predicted molar refractivity (Wildman–Crippen MR) is 53.5 cm³/mol. The number of aliphatic hydroxyl groups is 1. The highest BCUT2D eigenvalue weighted by molar-refractivity contribution is 9.10. The smallest absolute Gasteiger partial charge is 0.169 e. The van der Waals surface area contributed by atoms with Gasteiger partial charge in [-0.05, 0) is 52.7 Å². The number of rotatable bonds is 2. The first kappa shape index (κ1) is 9.28. The lowest BCUT2D eigenvalue weighted by molar-refractivity contribution is 0.132. The molecule has 0 saturated heterocycles. The number of hydrogen-bond donors (Lipinski definition) is 1. The Bertz CT molecular complexity index is 282. The van der Waals surface area contributed by atoms with Gasteiger partial charge in [-0.25, -0.2) is 0 Å². The maximum absolute atomic E-state index is 9.61. The van der Waals surface area contributed by atoms with Gasteiger partial charge in [0, 0.05) is 0 Å². The third-order valence-corrected chi connectivity index (χ3v) is 3.15. The molecule has 72 valence electrons. The van der Waals surface area contributed by atoms with Crippen LogP contribution >= 0.6 is 15.9 Å². The SMILES string of the molecule is OC1CCCC1Cc1coc(Br)c1. The van der Waals surface area contributed by atoms with Gasteiger partial charge in [0.05, 0.1) is 12.4 Å². The van der Waals surface area contributed by atoms with Crippen LogP contribution in [0.25, 0.3) is 0 Å². The molecule has 2 rings (SSSR count). The first-order valence-corrected chi connectivity index (χ1v) is 5.46. The highest BCUT2D eigenvalue weighted by Gasteiger charge is 2.25. The summed E-state index contributed by atoms with van der Waals surface area (Å²) in [6.45, 7) is 0. The largest absolute Gasteiger partial charge is 0.457 e. The molecule has 13 heavy (non-hydrogen) atoms. The molecule has 0 amide bonds. The third-order valence-electron chi connectivity index (χ3n) is 2.74. The zero-order valence-corrected chi connectivity index (χ0v) is 8.96. The summed E-state index contributed by atoms with van der Waals surface area (Å²) in [5, 5.41) is 9.61. The van der Waals surface area contributed by atoms with E-state index in [9.17, 15) is 5.11 Å². The van der Waals surface area contributed by atoms with Crippen LogP contribution in [0, 0.1) is 5.92 Å². The van der Waals surface area contributed by atoms with Gasteiger partial charge in [-0.1, -0.05) is 6.42 Å². The lowest BCUT2D eigenvalue weighted by atomic mass is 9.98.